The van der Waals surface area contributed by atoms with E-state index in [2.05, 4.69) is 40.1 Å². The molecule has 0 amide bonds. The van der Waals surface area contributed by atoms with Gasteiger partial charge in [-0.1, -0.05) is 42.8 Å². The Balaban J connectivity index is 0.00000242. The quantitative estimate of drug-likeness (QED) is 0.401. The molecule has 1 aromatic carbocycles. The molecule has 0 aliphatic rings. The fourth-order valence-electron chi connectivity index (χ4n) is 1.96. The van der Waals surface area contributed by atoms with E-state index in [1.165, 1.54) is 4.88 Å². The van der Waals surface area contributed by atoms with Crippen molar-refractivity contribution in [1.29, 1.82) is 0 Å². The molecular weight excluding hydrogens is 429 g/mol. The van der Waals surface area contributed by atoms with E-state index >= 15 is 0 Å². The minimum atomic E-state index is 0. The Hall–Kier alpha value is -0.790. The summed E-state index contributed by atoms with van der Waals surface area (Å²) in [7, 11) is 1.78. The third kappa shape index (κ3) is 5.78. The maximum absolute atomic E-state index is 6.15. The Morgan fingerprint density at radius 2 is 2.00 bits per heavy atom. The highest BCUT2D eigenvalue weighted by Gasteiger charge is 2.07. The third-order valence-corrected chi connectivity index (χ3v) is 4.70. The summed E-state index contributed by atoms with van der Waals surface area (Å²) in [5.74, 6) is 1.25. The second-order valence-electron chi connectivity index (χ2n) is 4.81. The first-order chi connectivity index (χ1) is 10.2. The van der Waals surface area contributed by atoms with Crippen molar-refractivity contribution in [2.45, 2.75) is 19.4 Å². The van der Waals surface area contributed by atoms with Crippen LogP contribution in [-0.2, 0) is 6.54 Å². The Labute approximate surface area is 158 Å². The van der Waals surface area contributed by atoms with Gasteiger partial charge in [0.15, 0.2) is 5.96 Å². The molecule has 6 heteroatoms. The van der Waals surface area contributed by atoms with Gasteiger partial charge < -0.3 is 10.6 Å². The van der Waals surface area contributed by atoms with E-state index in [4.69, 9.17) is 11.6 Å². The highest BCUT2D eigenvalue weighted by atomic mass is 127. The van der Waals surface area contributed by atoms with Gasteiger partial charge in [-0.15, -0.1) is 35.3 Å². The Bertz CT molecular complexity index is 587. The summed E-state index contributed by atoms with van der Waals surface area (Å²) in [6.45, 7) is 3.72. The van der Waals surface area contributed by atoms with Gasteiger partial charge in [0, 0.05) is 36.0 Å². The van der Waals surface area contributed by atoms with Crippen molar-refractivity contribution < 1.29 is 0 Å². The minimum Gasteiger partial charge on any atom is -0.356 e. The predicted molar refractivity (Wildman–Crippen MR) is 108 cm³/mol. The molecule has 2 N–H and O–H groups in total. The van der Waals surface area contributed by atoms with Gasteiger partial charge in [-0.05, 0) is 23.1 Å². The number of thiophene rings is 1. The fraction of sp³-hybridized carbons (Fsp3) is 0.312. The standard InChI is InChI=1S/C16H20ClN3S.HI/c1-12(15-8-5-9-21-15)10-19-16(18-2)20-11-13-6-3-4-7-14(13)17;/h3-9,12H,10-11H2,1-2H3,(H2,18,19,20);1H. The lowest BCUT2D eigenvalue weighted by molar-refractivity contribution is 0.708. The fourth-order valence-corrected chi connectivity index (χ4v) is 2.95. The molecule has 0 aliphatic heterocycles. The molecule has 0 bridgehead atoms. The number of halogens is 2. The van der Waals surface area contributed by atoms with Gasteiger partial charge in [0.1, 0.15) is 0 Å². The maximum Gasteiger partial charge on any atom is 0.191 e. The number of rotatable bonds is 5. The number of nitrogens with zero attached hydrogens (tertiary/aromatic N) is 1. The number of benzene rings is 1. The lowest BCUT2D eigenvalue weighted by Crippen LogP contribution is -2.38. The summed E-state index contributed by atoms with van der Waals surface area (Å²) >= 11 is 7.93. The first-order valence-corrected chi connectivity index (χ1v) is 8.17. The molecule has 1 aromatic heterocycles. The van der Waals surface area contributed by atoms with Gasteiger partial charge >= 0.3 is 0 Å². The largest absolute Gasteiger partial charge is 0.356 e. The molecular formula is C16H21ClIN3S. The highest BCUT2D eigenvalue weighted by Crippen LogP contribution is 2.19. The lowest BCUT2D eigenvalue weighted by atomic mass is 10.1. The van der Waals surface area contributed by atoms with Crippen LogP contribution in [0.25, 0.3) is 0 Å². The Morgan fingerprint density at radius 1 is 1.23 bits per heavy atom. The van der Waals surface area contributed by atoms with Gasteiger partial charge in [-0.3, -0.25) is 4.99 Å². The molecule has 2 aromatic rings. The van der Waals surface area contributed by atoms with Crippen LogP contribution in [-0.4, -0.2) is 19.6 Å². The Kier molecular flexibility index (Phi) is 8.82. The van der Waals surface area contributed by atoms with Gasteiger partial charge in [0.05, 0.1) is 0 Å². The molecule has 0 fully saturated rings. The van der Waals surface area contributed by atoms with E-state index < -0.39 is 0 Å². The van der Waals surface area contributed by atoms with Gasteiger partial charge in [0.25, 0.3) is 0 Å². The zero-order chi connectivity index (χ0) is 15.1. The monoisotopic (exact) mass is 449 g/mol. The van der Waals surface area contributed by atoms with Crippen LogP contribution in [0.15, 0.2) is 46.8 Å². The second kappa shape index (κ2) is 10.1. The van der Waals surface area contributed by atoms with Gasteiger partial charge in [-0.25, -0.2) is 0 Å². The van der Waals surface area contributed by atoms with E-state index in [0.29, 0.717) is 12.5 Å². The first kappa shape index (κ1) is 19.3. The summed E-state index contributed by atoms with van der Waals surface area (Å²) in [6, 6.07) is 12.1. The number of aliphatic imine (C=N–C) groups is 1. The summed E-state index contributed by atoms with van der Waals surface area (Å²) < 4.78 is 0. The molecule has 3 nitrogen and oxygen atoms in total. The zero-order valence-corrected chi connectivity index (χ0v) is 16.6. The van der Waals surface area contributed by atoms with E-state index in [1.807, 2.05) is 24.3 Å². The molecule has 120 valence electrons. The zero-order valence-electron chi connectivity index (χ0n) is 12.7. The van der Waals surface area contributed by atoms with Gasteiger partial charge in [-0.2, -0.15) is 0 Å². The molecule has 1 unspecified atom stereocenters. The first-order valence-electron chi connectivity index (χ1n) is 6.92. The van der Waals surface area contributed by atoms with E-state index in [1.54, 1.807) is 18.4 Å². The summed E-state index contributed by atoms with van der Waals surface area (Å²) in [6.07, 6.45) is 0. The average molecular weight is 450 g/mol. The van der Waals surface area contributed by atoms with Crippen LogP contribution in [0.2, 0.25) is 5.02 Å². The number of hydrogen-bond donors (Lipinski definition) is 2. The molecule has 0 radical (unpaired) electrons. The van der Waals surface area contributed by atoms with Crippen molar-refractivity contribution in [3.8, 4) is 0 Å². The molecule has 22 heavy (non-hydrogen) atoms. The summed E-state index contributed by atoms with van der Waals surface area (Å²) in [4.78, 5) is 5.62. The van der Waals surface area contributed by atoms with Crippen molar-refractivity contribution in [3.63, 3.8) is 0 Å². The molecule has 1 heterocycles. The van der Waals surface area contributed by atoms with Crippen LogP contribution in [0.5, 0.6) is 0 Å². The molecule has 2 rings (SSSR count). The number of guanidine groups is 1. The Morgan fingerprint density at radius 3 is 2.64 bits per heavy atom. The summed E-state index contributed by atoms with van der Waals surface area (Å²) in [5, 5.41) is 9.51. The molecule has 0 spiro atoms. The summed E-state index contributed by atoms with van der Waals surface area (Å²) in [5.41, 5.74) is 1.06. The van der Waals surface area contributed by atoms with E-state index in [-0.39, 0.29) is 24.0 Å². The van der Waals surface area contributed by atoms with Crippen molar-refractivity contribution in [2.75, 3.05) is 13.6 Å². The number of nitrogens with one attached hydrogen (secondary N) is 2. The van der Waals surface area contributed by atoms with Crippen LogP contribution < -0.4 is 10.6 Å². The van der Waals surface area contributed by atoms with Crippen LogP contribution in [0.1, 0.15) is 23.3 Å². The SMILES string of the molecule is CN=C(NCc1ccccc1Cl)NCC(C)c1cccs1.I. The lowest BCUT2D eigenvalue weighted by Gasteiger charge is -2.15. The second-order valence-corrected chi connectivity index (χ2v) is 6.20. The normalized spacial score (nSPS) is 12.4. The maximum atomic E-state index is 6.15. The topological polar surface area (TPSA) is 36.4 Å². The smallest absolute Gasteiger partial charge is 0.191 e. The van der Waals surface area contributed by atoms with Crippen LogP contribution in [0.3, 0.4) is 0 Å². The molecule has 1 atom stereocenters. The predicted octanol–water partition coefficient (Wildman–Crippen LogP) is 4.49. The van der Waals surface area contributed by atoms with Crippen molar-refractivity contribution in [2.24, 2.45) is 4.99 Å². The highest BCUT2D eigenvalue weighted by molar-refractivity contribution is 14.0. The van der Waals surface area contributed by atoms with E-state index in [9.17, 15) is 0 Å². The van der Waals surface area contributed by atoms with Crippen molar-refractivity contribution in [3.05, 3.63) is 57.2 Å². The third-order valence-electron chi connectivity index (χ3n) is 3.23. The molecule has 0 saturated carbocycles. The minimum absolute atomic E-state index is 0. The van der Waals surface area contributed by atoms with E-state index in [0.717, 1.165) is 23.1 Å². The van der Waals surface area contributed by atoms with Crippen LogP contribution in [0.4, 0.5) is 0 Å². The van der Waals surface area contributed by atoms with Gasteiger partial charge in [0.2, 0.25) is 0 Å². The van der Waals surface area contributed by atoms with Crippen molar-refractivity contribution >= 4 is 52.9 Å². The molecule has 0 aliphatic carbocycles. The molecule has 0 saturated heterocycles. The average Bonchev–Trinajstić information content (AvgIpc) is 3.03. The van der Waals surface area contributed by atoms with Crippen molar-refractivity contribution in [1.82, 2.24) is 10.6 Å². The number of hydrogen-bond acceptors (Lipinski definition) is 2. The van der Waals surface area contributed by atoms with Crippen LogP contribution >= 0.6 is 46.9 Å². The van der Waals surface area contributed by atoms with Crippen LogP contribution in [0, 0.1) is 0 Å².